The normalized spacial score (nSPS) is 11.7. The van der Waals surface area contributed by atoms with Gasteiger partial charge in [-0.2, -0.15) is 0 Å². The Labute approximate surface area is 729 Å². The topological polar surface area (TPSA) is 42.6 Å². The minimum atomic E-state index is 0.887. The molecule has 0 aliphatic heterocycles. The van der Waals surface area contributed by atoms with Gasteiger partial charge < -0.3 is 27.8 Å². The standard InChI is InChI=1S/C120H78N4O2/c1-2-21-79(22-3-1)80-47-49-81(50-48-80)82-55-65-94(66-56-82)121(96-71-61-87(62-72-96)103-37-18-39-109-107-33-7-12-45-116(107)125-119(103)109)95-67-57-85(58-68-95)92-26-17-30-101(78-92)124-114-43-11-6-35-111(114)118-102(36-20-44-115(118)124)93-27-14-23-89(75-93)83-51-53-84(54-52-83)90-24-15-28-99(76-90)122(98-73-63-88(64-74-98)104-38-19-40-110-108-34-8-13-46-117(108)126-120(104)110)97-69-59-86(60-70-97)91-25-16-29-100(77-91)123-112-41-9-4-31-105(112)106-32-5-10-42-113(106)123/h1-78H. The lowest BCUT2D eigenvalue weighted by atomic mass is 9.95. The van der Waals surface area contributed by atoms with Gasteiger partial charge in [0.1, 0.15) is 22.3 Å². The summed E-state index contributed by atoms with van der Waals surface area (Å²) in [6.45, 7) is 0. The third-order valence-corrected chi connectivity index (χ3v) is 25.4. The molecule has 4 aromatic heterocycles. The highest BCUT2D eigenvalue weighted by atomic mass is 16.3. The second-order valence-electron chi connectivity index (χ2n) is 32.6. The maximum Gasteiger partial charge on any atom is 0.143 e. The number of rotatable bonds is 17. The van der Waals surface area contributed by atoms with E-state index in [4.69, 9.17) is 8.83 Å². The Kier molecular flexibility index (Phi) is 17.8. The SMILES string of the molecule is c1ccc(-c2ccc(-c3ccc(N(c4ccc(-c5cccc(-n6c7ccccc7c7c(-c8cccc(-c9ccc(-c%10cccc(N(c%11ccc(-c%12cccc(-n%13c%14ccccc%14c%14ccccc%14%13)c%12)cc%11)c%11ccc(-c%12cccc%13c%12oc%12ccccc%12%13)cc%11)c%10)cc9)c8)cccc76)c5)cc4)c4ccc(-c5cccc6c5oc5ccccc56)cc4)cc3)cc2)cc1. The average Bonchev–Trinajstić information content (AvgIpc) is 1.58. The molecule has 0 N–H and O–H groups in total. The molecule has 590 valence electrons. The highest BCUT2D eigenvalue weighted by molar-refractivity contribution is 6.17. The molecule has 6 nitrogen and oxygen atoms in total. The number of anilines is 6. The first-order valence-corrected chi connectivity index (χ1v) is 43.1. The third-order valence-electron chi connectivity index (χ3n) is 25.4. The van der Waals surface area contributed by atoms with Gasteiger partial charge in [0.2, 0.25) is 0 Å². The Morgan fingerprint density at radius 1 is 0.159 bits per heavy atom. The van der Waals surface area contributed by atoms with Crippen LogP contribution >= 0.6 is 0 Å². The van der Waals surface area contributed by atoms with Crippen LogP contribution in [0.1, 0.15) is 0 Å². The van der Waals surface area contributed by atoms with Crippen LogP contribution in [-0.4, -0.2) is 9.13 Å². The molecule has 0 bridgehead atoms. The fourth-order valence-corrected chi connectivity index (χ4v) is 19.3. The third kappa shape index (κ3) is 12.9. The smallest absolute Gasteiger partial charge is 0.143 e. The van der Waals surface area contributed by atoms with Crippen molar-refractivity contribution in [2.75, 3.05) is 9.80 Å². The molecule has 0 aliphatic carbocycles. The minimum absolute atomic E-state index is 0.887. The number of nitrogens with zero attached hydrogens (tertiary/aromatic N) is 4. The van der Waals surface area contributed by atoms with E-state index in [0.29, 0.717) is 0 Å². The molecule has 24 aromatic rings. The number of hydrogen-bond donors (Lipinski definition) is 0. The summed E-state index contributed by atoms with van der Waals surface area (Å²) in [6, 6.07) is 172. The number of furan rings is 2. The van der Waals surface area contributed by atoms with Crippen LogP contribution < -0.4 is 9.80 Å². The minimum Gasteiger partial charge on any atom is -0.455 e. The Hall–Kier alpha value is -16.8. The van der Waals surface area contributed by atoms with Crippen LogP contribution in [0.3, 0.4) is 0 Å². The van der Waals surface area contributed by atoms with Crippen LogP contribution in [0.5, 0.6) is 0 Å². The van der Waals surface area contributed by atoms with Crippen LogP contribution in [0.15, 0.2) is 482 Å². The first kappa shape index (κ1) is 73.1. The van der Waals surface area contributed by atoms with E-state index in [-0.39, 0.29) is 0 Å². The van der Waals surface area contributed by atoms with Crippen LogP contribution in [0.2, 0.25) is 0 Å². The summed E-state index contributed by atoms with van der Waals surface area (Å²) >= 11 is 0. The lowest BCUT2D eigenvalue weighted by Gasteiger charge is -2.26. The molecule has 6 heteroatoms. The summed E-state index contributed by atoms with van der Waals surface area (Å²) in [7, 11) is 0. The molecule has 0 aliphatic rings. The highest BCUT2D eigenvalue weighted by Gasteiger charge is 2.23. The second-order valence-corrected chi connectivity index (χ2v) is 32.6. The summed E-state index contributed by atoms with van der Waals surface area (Å²) in [5.74, 6) is 0. The van der Waals surface area contributed by atoms with Gasteiger partial charge in [0.05, 0.1) is 22.1 Å². The zero-order valence-corrected chi connectivity index (χ0v) is 68.6. The molecule has 0 amide bonds. The van der Waals surface area contributed by atoms with E-state index in [0.717, 1.165) is 178 Å². The molecular formula is C120H78N4O2. The van der Waals surface area contributed by atoms with Gasteiger partial charge in [-0.25, -0.2) is 0 Å². The Balaban J connectivity index is 0.526. The zero-order valence-electron chi connectivity index (χ0n) is 68.6. The predicted molar refractivity (Wildman–Crippen MR) is 528 cm³/mol. The molecule has 0 fully saturated rings. The molecule has 0 unspecified atom stereocenters. The largest absolute Gasteiger partial charge is 0.455 e. The van der Waals surface area contributed by atoms with E-state index in [2.05, 4.69) is 468 Å². The van der Waals surface area contributed by atoms with Crippen LogP contribution in [0.25, 0.3) is 199 Å². The summed E-state index contributed by atoms with van der Waals surface area (Å²) in [5.41, 5.74) is 37.2. The van der Waals surface area contributed by atoms with Crippen LogP contribution in [0.4, 0.5) is 34.1 Å². The fourth-order valence-electron chi connectivity index (χ4n) is 19.3. The molecule has 24 rings (SSSR count). The number of hydrogen-bond acceptors (Lipinski definition) is 4. The molecule has 4 heterocycles. The van der Waals surface area contributed by atoms with E-state index >= 15 is 0 Å². The molecular weight excluding hydrogens is 1530 g/mol. The second kappa shape index (κ2) is 30.7. The van der Waals surface area contributed by atoms with Crippen molar-refractivity contribution >= 4 is 122 Å². The number of para-hydroxylation sites is 7. The average molecular weight is 1610 g/mol. The Morgan fingerprint density at radius 2 is 0.444 bits per heavy atom. The lowest BCUT2D eigenvalue weighted by Crippen LogP contribution is -2.10. The summed E-state index contributed by atoms with van der Waals surface area (Å²) in [4.78, 5) is 4.73. The van der Waals surface area contributed by atoms with Crippen molar-refractivity contribution in [1.82, 2.24) is 9.13 Å². The van der Waals surface area contributed by atoms with Crippen molar-refractivity contribution in [3.8, 4) is 112 Å². The number of aromatic nitrogens is 2. The molecule has 0 atom stereocenters. The van der Waals surface area contributed by atoms with E-state index in [9.17, 15) is 0 Å². The fraction of sp³-hybridized carbons (Fsp3) is 0. The van der Waals surface area contributed by atoms with E-state index < -0.39 is 0 Å². The molecule has 0 spiro atoms. The molecule has 0 saturated heterocycles. The first-order chi connectivity index (χ1) is 62.4. The monoisotopic (exact) mass is 1610 g/mol. The van der Waals surface area contributed by atoms with Gasteiger partial charge in [0, 0.05) is 99.7 Å². The summed E-state index contributed by atoms with van der Waals surface area (Å²) in [5, 5.41) is 9.37. The number of fused-ring (bicyclic) bond motifs is 12. The predicted octanol–water partition coefficient (Wildman–Crippen LogP) is 33.6. The Morgan fingerprint density at radius 3 is 0.913 bits per heavy atom. The van der Waals surface area contributed by atoms with Crippen molar-refractivity contribution in [2.24, 2.45) is 0 Å². The van der Waals surface area contributed by atoms with Gasteiger partial charge in [-0.15, -0.1) is 0 Å². The van der Waals surface area contributed by atoms with Crippen LogP contribution in [-0.2, 0) is 0 Å². The van der Waals surface area contributed by atoms with Gasteiger partial charge in [0.25, 0.3) is 0 Å². The molecule has 126 heavy (non-hydrogen) atoms. The van der Waals surface area contributed by atoms with Gasteiger partial charge in [-0.05, 0) is 229 Å². The van der Waals surface area contributed by atoms with Crippen molar-refractivity contribution in [2.45, 2.75) is 0 Å². The molecule has 20 aromatic carbocycles. The quantitative estimate of drug-likeness (QED) is 0.0911. The molecule has 0 radical (unpaired) electrons. The maximum atomic E-state index is 6.57. The maximum absolute atomic E-state index is 6.57. The van der Waals surface area contributed by atoms with Crippen molar-refractivity contribution in [1.29, 1.82) is 0 Å². The molecule has 0 saturated carbocycles. The summed E-state index contributed by atoms with van der Waals surface area (Å²) in [6.07, 6.45) is 0. The van der Waals surface area contributed by atoms with E-state index in [1.165, 1.54) is 54.8 Å². The van der Waals surface area contributed by atoms with E-state index in [1.54, 1.807) is 0 Å². The number of benzene rings is 20. The van der Waals surface area contributed by atoms with Gasteiger partial charge in [0.15, 0.2) is 0 Å². The Bertz CT molecular complexity index is 8230. The highest BCUT2D eigenvalue weighted by Crippen LogP contribution is 2.47. The van der Waals surface area contributed by atoms with Gasteiger partial charge >= 0.3 is 0 Å². The zero-order chi connectivity index (χ0) is 83.1. The first-order valence-electron chi connectivity index (χ1n) is 43.1. The van der Waals surface area contributed by atoms with Crippen molar-refractivity contribution in [3.63, 3.8) is 0 Å². The lowest BCUT2D eigenvalue weighted by molar-refractivity contribution is 0.669. The van der Waals surface area contributed by atoms with Crippen molar-refractivity contribution in [3.05, 3.63) is 473 Å². The summed E-state index contributed by atoms with van der Waals surface area (Å²) < 4.78 is 17.9. The van der Waals surface area contributed by atoms with Gasteiger partial charge in [-0.3, -0.25) is 0 Å². The van der Waals surface area contributed by atoms with Crippen molar-refractivity contribution < 1.29 is 8.83 Å². The van der Waals surface area contributed by atoms with E-state index in [1.807, 2.05) is 24.3 Å². The van der Waals surface area contributed by atoms with Crippen LogP contribution in [0, 0.1) is 0 Å². The van der Waals surface area contributed by atoms with Gasteiger partial charge in [-0.1, -0.05) is 334 Å².